The average molecular weight is 370 g/mol. The first-order valence-corrected chi connectivity index (χ1v) is 9.66. The van der Waals surface area contributed by atoms with Gasteiger partial charge < -0.3 is 19.5 Å². The minimum atomic E-state index is -0.0780. The van der Waals surface area contributed by atoms with Gasteiger partial charge in [-0.1, -0.05) is 17.3 Å². The Bertz CT molecular complexity index is 815. The van der Waals surface area contributed by atoms with E-state index in [1.165, 1.54) is 0 Å². The van der Waals surface area contributed by atoms with Crippen molar-refractivity contribution in [2.45, 2.75) is 58.2 Å². The molecule has 1 aromatic heterocycles. The summed E-state index contributed by atoms with van der Waals surface area (Å²) in [4.78, 5) is 18.9. The first-order valence-electron chi connectivity index (χ1n) is 9.66. The molecule has 2 amide bonds. The third kappa shape index (κ3) is 4.30. The highest BCUT2D eigenvalue weighted by atomic mass is 16.5. The van der Waals surface area contributed by atoms with Gasteiger partial charge in [0.1, 0.15) is 6.61 Å². The van der Waals surface area contributed by atoms with Gasteiger partial charge in [0.2, 0.25) is 0 Å². The second kappa shape index (κ2) is 7.68. The third-order valence-corrected chi connectivity index (χ3v) is 5.38. The van der Waals surface area contributed by atoms with Crippen LogP contribution < -0.4 is 5.32 Å². The lowest BCUT2D eigenvalue weighted by Crippen LogP contribution is -2.45. The van der Waals surface area contributed by atoms with Gasteiger partial charge in [0.25, 0.3) is 5.89 Å². The van der Waals surface area contributed by atoms with Gasteiger partial charge in [-0.2, -0.15) is 4.98 Å². The molecule has 1 atom stereocenters. The van der Waals surface area contributed by atoms with Crippen LogP contribution in [0.5, 0.6) is 0 Å². The molecule has 7 nitrogen and oxygen atoms in total. The van der Waals surface area contributed by atoms with Crippen molar-refractivity contribution >= 4 is 11.7 Å². The Hall–Kier alpha value is -2.41. The number of aryl methyl sites for hydroxylation is 1. The SMILES string of the molecule is Cc1cccc(NC(=O)N2CCCC(OCc3nc(C4CC4)no3)C2)c1C. The summed E-state index contributed by atoms with van der Waals surface area (Å²) in [7, 11) is 0. The number of anilines is 1. The zero-order valence-corrected chi connectivity index (χ0v) is 15.9. The number of aromatic nitrogens is 2. The summed E-state index contributed by atoms with van der Waals surface area (Å²) in [5.74, 6) is 1.79. The van der Waals surface area contributed by atoms with Crippen molar-refractivity contribution < 1.29 is 14.1 Å². The van der Waals surface area contributed by atoms with E-state index in [-0.39, 0.29) is 12.1 Å². The smallest absolute Gasteiger partial charge is 0.321 e. The number of hydrogen-bond donors (Lipinski definition) is 1. The fourth-order valence-corrected chi connectivity index (χ4v) is 3.36. The van der Waals surface area contributed by atoms with Crippen LogP contribution in [0.1, 0.15) is 54.4 Å². The maximum Gasteiger partial charge on any atom is 0.321 e. The quantitative estimate of drug-likeness (QED) is 0.866. The molecule has 4 rings (SSSR count). The van der Waals surface area contributed by atoms with Gasteiger partial charge in [0.15, 0.2) is 5.82 Å². The molecule has 1 saturated carbocycles. The van der Waals surface area contributed by atoms with Crippen molar-refractivity contribution in [1.82, 2.24) is 15.0 Å². The van der Waals surface area contributed by atoms with E-state index in [0.717, 1.165) is 54.9 Å². The normalized spacial score (nSPS) is 19.9. The highest BCUT2D eigenvalue weighted by molar-refractivity contribution is 5.90. The minimum absolute atomic E-state index is 0.0145. The largest absolute Gasteiger partial charge is 0.367 e. The van der Waals surface area contributed by atoms with Gasteiger partial charge in [0, 0.05) is 24.7 Å². The first-order chi connectivity index (χ1) is 13.1. The van der Waals surface area contributed by atoms with Crippen molar-refractivity contribution in [2.24, 2.45) is 0 Å². The third-order valence-electron chi connectivity index (χ3n) is 5.38. The molecule has 2 fully saturated rings. The van der Waals surface area contributed by atoms with Crippen molar-refractivity contribution in [2.75, 3.05) is 18.4 Å². The van der Waals surface area contributed by atoms with Crippen LogP contribution >= 0.6 is 0 Å². The molecule has 0 radical (unpaired) electrons. The number of rotatable bonds is 5. The predicted molar refractivity (Wildman–Crippen MR) is 101 cm³/mol. The second-order valence-electron chi connectivity index (χ2n) is 7.52. The van der Waals surface area contributed by atoms with Crippen LogP contribution in [0.4, 0.5) is 10.5 Å². The molecule has 1 aliphatic carbocycles. The molecule has 0 bridgehead atoms. The average Bonchev–Trinajstić information content (AvgIpc) is 3.42. The van der Waals surface area contributed by atoms with E-state index >= 15 is 0 Å². The molecule has 2 aromatic rings. The number of likely N-dealkylation sites (tertiary alicyclic amines) is 1. The molecule has 2 aliphatic rings. The zero-order valence-electron chi connectivity index (χ0n) is 15.9. The Balaban J connectivity index is 1.30. The molecule has 2 heterocycles. The predicted octanol–water partition coefficient (Wildman–Crippen LogP) is 3.78. The minimum Gasteiger partial charge on any atom is -0.367 e. The monoisotopic (exact) mass is 370 g/mol. The lowest BCUT2D eigenvalue weighted by atomic mass is 10.1. The van der Waals surface area contributed by atoms with E-state index in [0.29, 0.717) is 25.0 Å². The number of amides is 2. The lowest BCUT2D eigenvalue weighted by Gasteiger charge is -2.32. The molecule has 1 aliphatic heterocycles. The summed E-state index contributed by atoms with van der Waals surface area (Å²) in [5.41, 5.74) is 3.12. The van der Waals surface area contributed by atoms with Crippen LogP contribution in [0.3, 0.4) is 0 Å². The van der Waals surface area contributed by atoms with E-state index < -0.39 is 0 Å². The number of carbonyl (C=O) groups excluding carboxylic acids is 1. The Morgan fingerprint density at radius 2 is 2.19 bits per heavy atom. The number of piperidine rings is 1. The van der Waals surface area contributed by atoms with Crippen LogP contribution in [0.2, 0.25) is 0 Å². The van der Waals surface area contributed by atoms with Gasteiger partial charge in [-0.05, 0) is 56.7 Å². The number of nitrogens with zero attached hydrogens (tertiary/aromatic N) is 3. The van der Waals surface area contributed by atoms with Crippen LogP contribution in [-0.4, -0.2) is 40.3 Å². The Kier molecular flexibility index (Phi) is 5.11. The highest BCUT2D eigenvalue weighted by Crippen LogP contribution is 2.38. The van der Waals surface area contributed by atoms with Crippen molar-refractivity contribution in [3.05, 3.63) is 41.0 Å². The first kappa shape index (κ1) is 18.0. The highest BCUT2D eigenvalue weighted by Gasteiger charge is 2.29. The van der Waals surface area contributed by atoms with Gasteiger partial charge in [-0.15, -0.1) is 0 Å². The van der Waals surface area contributed by atoms with Crippen LogP contribution in [0.25, 0.3) is 0 Å². The number of benzene rings is 1. The molecular weight excluding hydrogens is 344 g/mol. The van der Waals surface area contributed by atoms with E-state index in [1.807, 2.05) is 36.9 Å². The summed E-state index contributed by atoms with van der Waals surface area (Å²) in [6.07, 6.45) is 4.12. The van der Waals surface area contributed by atoms with Crippen LogP contribution in [0, 0.1) is 13.8 Å². The van der Waals surface area contributed by atoms with E-state index in [9.17, 15) is 4.79 Å². The van der Waals surface area contributed by atoms with Gasteiger partial charge in [-0.3, -0.25) is 0 Å². The lowest BCUT2D eigenvalue weighted by molar-refractivity contribution is -0.00916. The van der Waals surface area contributed by atoms with E-state index in [2.05, 4.69) is 15.5 Å². The summed E-state index contributed by atoms with van der Waals surface area (Å²) >= 11 is 0. The van der Waals surface area contributed by atoms with E-state index in [1.54, 1.807) is 0 Å². The molecule has 7 heteroatoms. The van der Waals surface area contributed by atoms with E-state index in [4.69, 9.17) is 9.26 Å². The Morgan fingerprint density at radius 3 is 3.00 bits per heavy atom. The molecule has 1 aromatic carbocycles. The standard InChI is InChI=1S/C20H26N4O3/c1-13-5-3-7-17(14(13)2)21-20(25)24-10-4-6-16(11-24)26-12-18-22-19(23-27-18)15-8-9-15/h3,5,7,15-16H,4,6,8-12H2,1-2H3,(H,21,25). The Morgan fingerprint density at radius 1 is 1.33 bits per heavy atom. The summed E-state index contributed by atoms with van der Waals surface area (Å²) in [6, 6.07) is 5.86. The molecule has 0 spiro atoms. The summed E-state index contributed by atoms with van der Waals surface area (Å²) in [5, 5.41) is 7.04. The van der Waals surface area contributed by atoms with Gasteiger partial charge >= 0.3 is 6.03 Å². The molecule has 1 saturated heterocycles. The second-order valence-corrected chi connectivity index (χ2v) is 7.52. The van der Waals surface area contributed by atoms with Crippen LogP contribution in [0.15, 0.2) is 22.7 Å². The number of nitrogens with one attached hydrogen (secondary N) is 1. The van der Waals surface area contributed by atoms with Crippen molar-refractivity contribution in [3.63, 3.8) is 0 Å². The molecule has 27 heavy (non-hydrogen) atoms. The van der Waals surface area contributed by atoms with Gasteiger partial charge in [0.05, 0.1) is 6.10 Å². The molecule has 1 unspecified atom stereocenters. The fraction of sp³-hybridized carbons (Fsp3) is 0.550. The number of carbonyl (C=O) groups is 1. The van der Waals surface area contributed by atoms with Crippen molar-refractivity contribution in [3.8, 4) is 0 Å². The number of ether oxygens (including phenoxy) is 1. The Labute approximate surface area is 159 Å². The topological polar surface area (TPSA) is 80.5 Å². The van der Waals surface area contributed by atoms with Gasteiger partial charge in [-0.25, -0.2) is 4.79 Å². The fourth-order valence-electron chi connectivity index (χ4n) is 3.36. The maximum absolute atomic E-state index is 12.7. The number of urea groups is 1. The summed E-state index contributed by atoms with van der Waals surface area (Å²) in [6.45, 7) is 5.68. The molecule has 1 N–H and O–H groups in total. The van der Waals surface area contributed by atoms with Crippen molar-refractivity contribution in [1.29, 1.82) is 0 Å². The van der Waals surface area contributed by atoms with Crippen LogP contribution in [-0.2, 0) is 11.3 Å². The molecular formula is C20H26N4O3. The zero-order chi connectivity index (χ0) is 18.8. The molecule has 144 valence electrons. The maximum atomic E-state index is 12.7. The number of hydrogen-bond acceptors (Lipinski definition) is 5. The summed E-state index contributed by atoms with van der Waals surface area (Å²) < 4.78 is 11.2.